The Morgan fingerprint density at radius 3 is 2.14 bits per heavy atom. The molecule has 0 bridgehead atoms. The molecule has 3 nitrogen and oxygen atoms in total. The van der Waals surface area contributed by atoms with E-state index in [9.17, 15) is 0 Å². The number of nitrogens with two attached hydrogens (primary N) is 1. The zero-order valence-electron chi connectivity index (χ0n) is 12.9. The summed E-state index contributed by atoms with van der Waals surface area (Å²) in [7, 11) is 0. The minimum Gasteiger partial charge on any atom is -0.494 e. The molecule has 0 heterocycles. The Balaban J connectivity index is 2.59. The number of benzene rings is 2. The third kappa shape index (κ3) is 3.56. The first-order valence-corrected chi connectivity index (χ1v) is 7.41. The van der Waals surface area contributed by atoms with Crippen LogP contribution in [0.4, 0.5) is 0 Å². The molecule has 2 rings (SSSR count). The Morgan fingerprint density at radius 2 is 1.57 bits per heavy atom. The van der Waals surface area contributed by atoms with Crippen molar-refractivity contribution in [3.8, 4) is 22.6 Å². The van der Waals surface area contributed by atoms with Gasteiger partial charge in [0.25, 0.3) is 0 Å². The number of rotatable bonds is 6. The van der Waals surface area contributed by atoms with E-state index in [1.54, 1.807) is 0 Å². The molecule has 2 N–H and O–H groups in total. The molecule has 2 aromatic rings. The lowest BCUT2D eigenvalue weighted by molar-refractivity contribution is 0.327. The van der Waals surface area contributed by atoms with Gasteiger partial charge in [-0.2, -0.15) is 0 Å². The topological polar surface area (TPSA) is 44.5 Å². The van der Waals surface area contributed by atoms with Gasteiger partial charge in [0.1, 0.15) is 11.5 Å². The summed E-state index contributed by atoms with van der Waals surface area (Å²) in [6.45, 7) is 7.14. The molecule has 0 radical (unpaired) electrons. The average Bonchev–Trinajstić information content (AvgIpc) is 2.49. The lowest BCUT2D eigenvalue weighted by atomic mass is 9.99. The fourth-order valence-electron chi connectivity index (χ4n) is 2.33. The highest BCUT2D eigenvalue weighted by atomic mass is 16.5. The van der Waals surface area contributed by atoms with Gasteiger partial charge in [-0.3, -0.25) is 0 Å². The van der Waals surface area contributed by atoms with Crippen molar-refractivity contribution in [2.75, 3.05) is 13.2 Å². The predicted octanol–water partition coefficient (Wildman–Crippen LogP) is 4.17. The van der Waals surface area contributed by atoms with E-state index >= 15 is 0 Å². The largest absolute Gasteiger partial charge is 0.494 e. The highest BCUT2D eigenvalue weighted by molar-refractivity contribution is 5.73. The molecule has 0 aliphatic rings. The van der Waals surface area contributed by atoms with Crippen molar-refractivity contribution in [3.63, 3.8) is 0 Å². The highest BCUT2D eigenvalue weighted by Gasteiger charge is 2.15. The summed E-state index contributed by atoms with van der Waals surface area (Å²) in [5, 5.41) is 0. The van der Waals surface area contributed by atoms with Crippen LogP contribution in [0.2, 0.25) is 0 Å². The fourth-order valence-corrected chi connectivity index (χ4v) is 2.33. The first-order chi connectivity index (χ1) is 10.2. The van der Waals surface area contributed by atoms with E-state index in [4.69, 9.17) is 15.2 Å². The molecule has 0 saturated heterocycles. The number of hydrogen-bond donors (Lipinski definition) is 1. The molecule has 0 spiro atoms. The molecular formula is C18H23NO2. The molecule has 1 unspecified atom stereocenters. The number of hydrogen-bond acceptors (Lipinski definition) is 3. The molecule has 112 valence electrons. The van der Waals surface area contributed by atoms with Gasteiger partial charge in [0.05, 0.1) is 13.2 Å². The van der Waals surface area contributed by atoms with E-state index in [1.165, 1.54) is 0 Å². The maximum atomic E-state index is 6.06. The van der Waals surface area contributed by atoms with Crippen LogP contribution in [-0.2, 0) is 0 Å². The van der Waals surface area contributed by atoms with Crippen molar-refractivity contribution >= 4 is 0 Å². The first kappa shape index (κ1) is 15.4. The fraction of sp³-hybridized carbons (Fsp3) is 0.333. The van der Waals surface area contributed by atoms with E-state index in [-0.39, 0.29) is 6.04 Å². The third-order valence-electron chi connectivity index (χ3n) is 3.29. The second-order valence-corrected chi connectivity index (χ2v) is 4.91. The van der Waals surface area contributed by atoms with Crippen LogP contribution in [0.1, 0.15) is 32.4 Å². The first-order valence-electron chi connectivity index (χ1n) is 7.41. The van der Waals surface area contributed by atoms with Crippen LogP contribution in [-0.4, -0.2) is 13.2 Å². The minimum atomic E-state index is -0.101. The standard InChI is InChI=1S/C18H23NO2/c1-4-20-17-12-16(14-9-7-6-8-10-14)18(21-5-2)11-15(17)13(3)19/h6-13H,4-5,19H2,1-3H3. The monoisotopic (exact) mass is 285 g/mol. The van der Waals surface area contributed by atoms with E-state index in [2.05, 4.69) is 12.1 Å². The van der Waals surface area contributed by atoms with Crippen LogP contribution in [0.3, 0.4) is 0 Å². The van der Waals surface area contributed by atoms with Crippen molar-refractivity contribution in [1.82, 2.24) is 0 Å². The molecule has 0 amide bonds. The summed E-state index contributed by atoms with van der Waals surface area (Å²) < 4.78 is 11.6. The smallest absolute Gasteiger partial charge is 0.127 e. The van der Waals surface area contributed by atoms with Gasteiger partial charge in [-0.05, 0) is 38.5 Å². The summed E-state index contributed by atoms with van der Waals surface area (Å²) in [4.78, 5) is 0. The molecule has 0 aliphatic carbocycles. The van der Waals surface area contributed by atoms with Gasteiger partial charge < -0.3 is 15.2 Å². The van der Waals surface area contributed by atoms with Crippen molar-refractivity contribution < 1.29 is 9.47 Å². The molecule has 0 aromatic heterocycles. The maximum Gasteiger partial charge on any atom is 0.127 e. The molecule has 3 heteroatoms. The van der Waals surface area contributed by atoms with Gasteiger partial charge in [0.2, 0.25) is 0 Å². The molecule has 0 aliphatic heterocycles. The Kier molecular flexibility index (Phi) is 5.23. The van der Waals surface area contributed by atoms with Crippen LogP contribution < -0.4 is 15.2 Å². The van der Waals surface area contributed by atoms with Crippen LogP contribution in [0.25, 0.3) is 11.1 Å². The minimum absolute atomic E-state index is 0.101. The lowest BCUT2D eigenvalue weighted by Gasteiger charge is -2.18. The van der Waals surface area contributed by atoms with Crippen LogP contribution in [0.15, 0.2) is 42.5 Å². The molecule has 21 heavy (non-hydrogen) atoms. The Morgan fingerprint density at radius 1 is 0.952 bits per heavy atom. The van der Waals surface area contributed by atoms with Crippen molar-refractivity contribution in [1.29, 1.82) is 0 Å². The molecule has 1 atom stereocenters. The van der Waals surface area contributed by atoms with E-state index < -0.39 is 0 Å². The zero-order valence-corrected chi connectivity index (χ0v) is 12.9. The maximum absolute atomic E-state index is 6.06. The highest BCUT2D eigenvalue weighted by Crippen LogP contribution is 2.38. The Labute approximate surface area is 126 Å². The zero-order chi connectivity index (χ0) is 15.2. The van der Waals surface area contributed by atoms with E-state index in [0.29, 0.717) is 13.2 Å². The molecule has 2 aromatic carbocycles. The van der Waals surface area contributed by atoms with Crippen LogP contribution in [0, 0.1) is 0 Å². The lowest BCUT2D eigenvalue weighted by Crippen LogP contribution is -2.09. The Bertz CT molecular complexity index is 579. The van der Waals surface area contributed by atoms with Gasteiger partial charge in [0.15, 0.2) is 0 Å². The van der Waals surface area contributed by atoms with Crippen molar-refractivity contribution in [2.45, 2.75) is 26.8 Å². The van der Waals surface area contributed by atoms with Crippen LogP contribution >= 0.6 is 0 Å². The molecule has 0 saturated carbocycles. The third-order valence-corrected chi connectivity index (χ3v) is 3.29. The average molecular weight is 285 g/mol. The van der Waals surface area contributed by atoms with E-state index in [0.717, 1.165) is 28.2 Å². The number of ether oxygens (including phenoxy) is 2. The second-order valence-electron chi connectivity index (χ2n) is 4.91. The van der Waals surface area contributed by atoms with Crippen molar-refractivity contribution in [3.05, 3.63) is 48.0 Å². The van der Waals surface area contributed by atoms with Gasteiger partial charge >= 0.3 is 0 Å². The summed E-state index contributed by atoms with van der Waals surface area (Å²) in [5.74, 6) is 1.68. The van der Waals surface area contributed by atoms with Crippen molar-refractivity contribution in [2.24, 2.45) is 5.73 Å². The van der Waals surface area contributed by atoms with Gasteiger partial charge in [-0.25, -0.2) is 0 Å². The predicted molar refractivity (Wildman–Crippen MR) is 86.8 cm³/mol. The molecular weight excluding hydrogens is 262 g/mol. The SMILES string of the molecule is CCOc1cc(C(C)N)c(OCC)cc1-c1ccccc1. The second kappa shape index (κ2) is 7.14. The summed E-state index contributed by atoms with van der Waals surface area (Å²) >= 11 is 0. The van der Waals surface area contributed by atoms with Gasteiger partial charge in [-0.1, -0.05) is 30.3 Å². The quantitative estimate of drug-likeness (QED) is 0.866. The van der Waals surface area contributed by atoms with Gasteiger partial charge in [0, 0.05) is 17.2 Å². The molecule has 0 fully saturated rings. The van der Waals surface area contributed by atoms with Crippen LogP contribution in [0.5, 0.6) is 11.5 Å². The van der Waals surface area contributed by atoms with Gasteiger partial charge in [-0.15, -0.1) is 0 Å². The summed E-state index contributed by atoms with van der Waals surface area (Å²) in [6, 6.07) is 14.1. The normalized spacial score (nSPS) is 12.0. The summed E-state index contributed by atoms with van der Waals surface area (Å²) in [6.07, 6.45) is 0. The summed E-state index contributed by atoms with van der Waals surface area (Å²) in [5.41, 5.74) is 9.18. The van der Waals surface area contributed by atoms with E-state index in [1.807, 2.05) is 51.1 Å². The Hall–Kier alpha value is -2.00.